The first-order valence-corrected chi connectivity index (χ1v) is 5.92. The summed E-state index contributed by atoms with van der Waals surface area (Å²) < 4.78 is 4.98. The summed E-state index contributed by atoms with van der Waals surface area (Å²) in [6.07, 6.45) is 2.62. The van der Waals surface area contributed by atoms with Crippen LogP contribution in [-0.2, 0) is 16.0 Å². The molecule has 0 amide bonds. The molecule has 17 heavy (non-hydrogen) atoms. The molecule has 0 aliphatic rings. The SMILES string of the molecule is CCOC(=O)C(C)N(C)CCc1ccccn1. The molecule has 1 unspecified atom stereocenters. The fraction of sp³-hybridized carbons (Fsp3) is 0.538. The lowest BCUT2D eigenvalue weighted by atomic mass is 10.2. The third-order valence-corrected chi connectivity index (χ3v) is 2.74. The van der Waals surface area contributed by atoms with Gasteiger partial charge >= 0.3 is 5.97 Å². The largest absolute Gasteiger partial charge is 0.465 e. The number of carbonyl (C=O) groups excluding carboxylic acids is 1. The normalized spacial score (nSPS) is 12.5. The Bertz CT molecular complexity index is 341. The summed E-state index contributed by atoms with van der Waals surface area (Å²) in [6, 6.07) is 5.65. The minimum atomic E-state index is -0.210. The van der Waals surface area contributed by atoms with E-state index < -0.39 is 0 Å². The number of carbonyl (C=O) groups is 1. The third kappa shape index (κ3) is 4.53. The van der Waals surface area contributed by atoms with Crippen LogP contribution in [0.5, 0.6) is 0 Å². The predicted octanol–water partition coefficient (Wildman–Crippen LogP) is 1.51. The molecule has 4 nitrogen and oxygen atoms in total. The van der Waals surface area contributed by atoms with Crippen molar-refractivity contribution in [1.29, 1.82) is 0 Å². The number of likely N-dealkylation sites (N-methyl/N-ethyl adjacent to an activating group) is 1. The molecule has 1 atom stereocenters. The number of hydrogen-bond acceptors (Lipinski definition) is 4. The molecule has 0 spiro atoms. The molecule has 0 N–H and O–H groups in total. The zero-order chi connectivity index (χ0) is 12.7. The average Bonchev–Trinajstić information content (AvgIpc) is 2.36. The molecule has 1 aromatic rings. The minimum absolute atomic E-state index is 0.170. The van der Waals surface area contributed by atoms with E-state index in [1.165, 1.54) is 0 Å². The molecule has 1 rings (SSSR count). The summed E-state index contributed by atoms with van der Waals surface area (Å²) in [6.45, 7) is 4.89. The Kier molecular flexibility index (Phi) is 5.63. The van der Waals surface area contributed by atoms with E-state index in [4.69, 9.17) is 4.74 Å². The molecule has 1 heterocycles. The maximum Gasteiger partial charge on any atom is 0.323 e. The van der Waals surface area contributed by atoms with Crippen LogP contribution in [0.3, 0.4) is 0 Å². The Balaban J connectivity index is 2.39. The van der Waals surface area contributed by atoms with Crippen molar-refractivity contribution in [2.45, 2.75) is 26.3 Å². The molecular weight excluding hydrogens is 216 g/mol. The molecule has 4 heteroatoms. The summed E-state index contributed by atoms with van der Waals surface area (Å²) >= 11 is 0. The molecule has 0 aliphatic carbocycles. The second kappa shape index (κ2) is 7.01. The molecular formula is C13H20N2O2. The van der Waals surface area contributed by atoms with Crippen LogP contribution in [0, 0.1) is 0 Å². The lowest BCUT2D eigenvalue weighted by Crippen LogP contribution is -2.38. The van der Waals surface area contributed by atoms with E-state index in [2.05, 4.69) is 4.98 Å². The van der Waals surface area contributed by atoms with Crippen LogP contribution >= 0.6 is 0 Å². The highest BCUT2D eigenvalue weighted by molar-refractivity contribution is 5.75. The van der Waals surface area contributed by atoms with Gasteiger partial charge in [0.25, 0.3) is 0 Å². The quantitative estimate of drug-likeness (QED) is 0.702. The van der Waals surface area contributed by atoms with E-state index in [0.717, 1.165) is 18.7 Å². The fourth-order valence-corrected chi connectivity index (χ4v) is 1.47. The van der Waals surface area contributed by atoms with Gasteiger partial charge in [-0.3, -0.25) is 14.7 Å². The summed E-state index contributed by atoms with van der Waals surface area (Å²) in [7, 11) is 1.92. The van der Waals surface area contributed by atoms with Gasteiger partial charge in [-0.2, -0.15) is 0 Å². The third-order valence-electron chi connectivity index (χ3n) is 2.74. The number of aromatic nitrogens is 1. The summed E-state index contributed by atoms with van der Waals surface area (Å²) in [5.74, 6) is -0.170. The summed E-state index contributed by atoms with van der Waals surface area (Å²) in [5, 5.41) is 0. The molecule has 0 radical (unpaired) electrons. The van der Waals surface area contributed by atoms with Gasteiger partial charge in [-0.05, 0) is 33.0 Å². The number of pyridine rings is 1. The Morgan fingerprint density at radius 2 is 2.29 bits per heavy atom. The topological polar surface area (TPSA) is 42.4 Å². The molecule has 0 aromatic carbocycles. The van der Waals surface area contributed by atoms with E-state index in [1.807, 2.05) is 44.0 Å². The van der Waals surface area contributed by atoms with Crippen molar-refractivity contribution < 1.29 is 9.53 Å². The first-order valence-electron chi connectivity index (χ1n) is 5.92. The number of rotatable bonds is 6. The van der Waals surface area contributed by atoms with E-state index in [1.54, 1.807) is 6.20 Å². The lowest BCUT2D eigenvalue weighted by Gasteiger charge is -2.22. The van der Waals surface area contributed by atoms with Gasteiger partial charge < -0.3 is 4.74 Å². The number of hydrogen-bond donors (Lipinski definition) is 0. The zero-order valence-corrected chi connectivity index (χ0v) is 10.7. The van der Waals surface area contributed by atoms with Crippen molar-refractivity contribution in [3.05, 3.63) is 30.1 Å². The number of ether oxygens (including phenoxy) is 1. The average molecular weight is 236 g/mol. The van der Waals surface area contributed by atoms with Crippen molar-refractivity contribution in [3.8, 4) is 0 Å². The van der Waals surface area contributed by atoms with Gasteiger partial charge in [-0.25, -0.2) is 0 Å². The molecule has 1 aromatic heterocycles. The molecule has 94 valence electrons. The Morgan fingerprint density at radius 3 is 2.88 bits per heavy atom. The summed E-state index contributed by atoms with van der Waals surface area (Å²) in [4.78, 5) is 17.7. The van der Waals surface area contributed by atoms with Crippen LogP contribution in [0.2, 0.25) is 0 Å². The van der Waals surface area contributed by atoms with Crippen LogP contribution in [0.1, 0.15) is 19.5 Å². The highest BCUT2D eigenvalue weighted by Gasteiger charge is 2.18. The molecule has 0 bridgehead atoms. The molecule has 0 saturated heterocycles. The molecule has 0 aliphatic heterocycles. The maximum atomic E-state index is 11.5. The van der Waals surface area contributed by atoms with Gasteiger partial charge in [0.15, 0.2) is 0 Å². The predicted molar refractivity (Wildman–Crippen MR) is 66.7 cm³/mol. The van der Waals surface area contributed by atoms with Gasteiger partial charge in [-0.15, -0.1) is 0 Å². The van der Waals surface area contributed by atoms with Gasteiger partial charge in [-0.1, -0.05) is 6.07 Å². The maximum absolute atomic E-state index is 11.5. The van der Waals surface area contributed by atoms with Crippen LogP contribution in [0.15, 0.2) is 24.4 Å². The summed E-state index contributed by atoms with van der Waals surface area (Å²) in [5.41, 5.74) is 1.04. The first-order chi connectivity index (χ1) is 8.15. The van der Waals surface area contributed by atoms with Crippen LogP contribution in [0.4, 0.5) is 0 Å². The van der Waals surface area contributed by atoms with E-state index in [0.29, 0.717) is 6.61 Å². The van der Waals surface area contributed by atoms with Crippen molar-refractivity contribution in [3.63, 3.8) is 0 Å². The highest BCUT2D eigenvalue weighted by atomic mass is 16.5. The van der Waals surface area contributed by atoms with Gasteiger partial charge in [0.2, 0.25) is 0 Å². The monoisotopic (exact) mass is 236 g/mol. The van der Waals surface area contributed by atoms with E-state index >= 15 is 0 Å². The Morgan fingerprint density at radius 1 is 1.53 bits per heavy atom. The van der Waals surface area contributed by atoms with Crippen LogP contribution in [0.25, 0.3) is 0 Å². The zero-order valence-electron chi connectivity index (χ0n) is 10.7. The standard InChI is InChI=1S/C13H20N2O2/c1-4-17-13(16)11(2)15(3)10-8-12-7-5-6-9-14-12/h5-7,9,11H,4,8,10H2,1-3H3. The highest BCUT2D eigenvalue weighted by Crippen LogP contribution is 2.02. The minimum Gasteiger partial charge on any atom is -0.465 e. The van der Waals surface area contributed by atoms with Crippen molar-refractivity contribution in [2.75, 3.05) is 20.2 Å². The van der Waals surface area contributed by atoms with Crippen molar-refractivity contribution >= 4 is 5.97 Å². The Hall–Kier alpha value is -1.42. The van der Waals surface area contributed by atoms with Crippen molar-refractivity contribution in [1.82, 2.24) is 9.88 Å². The van der Waals surface area contributed by atoms with Gasteiger partial charge in [0.05, 0.1) is 6.61 Å². The van der Waals surface area contributed by atoms with E-state index in [-0.39, 0.29) is 12.0 Å². The van der Waals surface area contributed by atoms with Crippen molar-refractivity contribution in [2.24, 2.45) is 0 Å². The Labute approximate surface area is 103 Å². The van der Waals surface area contributed by atoms with Crippen LogP contribution in [-0.4, -0.2) is 42.1 Å². The second-order valence-corrected chi connectivity index (χ2v) is 3.98. The lowest BCUT2D eigenvalue weighted by molar-refractivity contribution is -0.148. The number of esters is 1. The first kappa shape index (κ1) is 13.6. The second-order valence-electron chi connectivity index (χ2n) is 3.98. The fourth-order valence-electron chi connectivity index (χ4n) is 1.47. The number of nitrogens with zero attached hydrogens (tertiary/aromatic N) is 2. The molecule has 0 saturated carbocycles. The van der Waals surface area contributed by atoms with Gasteiger partial charge in [0, 0.05) is 24.9 Å². The van der Waals surface area contributed by atoms with Crippen LogP contribution < -0.4 is 0 Å². The van der Waals surface area contributed by atoms with E-state index in [9.17, 15) is 4.79 Å². The molecule has 0 fully saturated rings. The van der Waals surface area contributed by atoms with Gasteiger partial charge in [0.1, 0.15) is 6.04 Å². The smallest absolute Gasteiger partial charge is 0.323 e.